The molecule has 1 N–H and O–H groups in total. The molecule has 104 valence electrons. The molecule has 4 heteroatoms. The van der Waals surface area contributed by atoms with Gasteiger partial charge in [0, 0.05) is 0 Å². The van der Waals surface area contributed by atoms with Gasteiger partial charge in [0.15, 0.2) is 11.5 Å². The van der Waals surface area contributed by atoms with Crippen LogP contribution in [0, 0.1) is 11.3 Å². The third-order valence-electron chi connectivity index (χ3n) is 2.87. The van der Waals surface area contributed by atoms with Crippen molar-refractivity contribution < 1.29 is 14.6 Å². The van der Waals surface area contributed by atoms with Crippen LogP contribution in [0.1, 0.15) is 38.7 Å². The summed E-state index contributed by atoms with van der Waals surface area (Å²) >= 11 is 0. The highest BCUT2D eigenvalue weighted by Gasteiger charge is 2.20. The first-order valence-corrected chi connectivity index (χ1v) is 6.65. The first-order chi connectivity index (χ1) is 9.17. The molecule has 19 heavy (non-hydrogen) atoms. The van der Waals surface area contributed by atoms with Crippen molar-refractivity contribution in [1.82, 2.24) is 0 Å². The van der Waals surface area contributed by atoms with E-state index in [1.165, 1.54) is 0 Å². The number of rotatable bonds is 7. The average Bonchev–Trinajstić information content (AvgIpc) is 2.42. The molecule has 0 amide bonds. The molecule has 0 saturated carbocycles. The number of hydrogen-bond donors (Lipinski definition) is 1. The molecule has 0 radical (unpaired) electrons. The van der Waals surface area contributed by atoms with Gasteiger partial charge in [-0.15, -0.1) is 0 Å². The minimum atomic E-state index is -0.669. The molecule has 0 bridgehead atoms. The van der Waals surface area contributed by atoms with Crippen LogP contribution in [0.15, 0.2) is 18.2 Å². The van der Waals surface area contributed by atoms with Crippen LogP contribution in [0.25, 0.3) is 0 Å². The van der Waals surface area contributed by atoms with Crippen molar-refractivity contribution in [3.8, 4) is 17.6 Å². The van der Waals surface area contributed by atoms with Gasteiger partial charge in [0.1, 0.15) is 0 Å². The number of aliphatic hydroxyl groups excluding tert-OH is 1. The number of ether oxygens (including phenoxy) is 2. The van der Waals surface area contributed by atoms with E-state index in [0.29, 0.717) is 31.1 Å². The van der Waals surface area contributed by atoms with Crippen LogP contribution >= 0.6 is 0 Å². The minimum Gasteiger partial charge on any atom is -0.490 e. The third-order valence-corrected chi connectivity index (χ3v) is 2.87. The fourth-order valence-electron chi connectivity index (χ4n) is 1.88. The van der Waals surface area contributed by atoms with Crippen LogP contribution in [-0.4, -0.2) is 24.4 Å². The number of nitrogens with zero attached hydrogens (tertiary/aromatic N) is 1. The van der Waals surface area contributed by atoms with Gasteiger partial charge < -0.3 is 14.6 Å². The second-order valence-electron chi connectivity index (χ2n) is 4.15. The van der Waals surface area contributed by atoms with Crippen LogP contribution in [0.5, 0.6) is 11.5 Å². The highest BCUT2D eigenvalue weighted by atomic mass is 16.5. The maximum atomic E-state index is 9.87. The van der Waals surface area contributed by atoms with Gasteiger partial charge in [-0.1, -0.05) is 13.0 Å². The summed E-state index contributed by atoms with van der Waals surface area (Å²) in [6.45, 7) is 6.73. The van der Waals surface area contributed by atoms with Gasteiger partial charge in [-0.25, -0.2) is 0 Å². The summed E-state index contributed by atoms with van der Waals surface area (Å²) in [7, 11) is 0. The first-order valence-electron chi connectivity index (χ1n) is 6.65. The maximum absolute atomic E-state index is 9.87. The molecule has 0 saturated heterocycles. The number of aliphatic hydroxyl groups is 1. The zero-order valence-corrected chi connectivity index (χ0v) is 11.7. The lowest BCUT2D eigenvalue weighted by Gasteiger charge is -2.17. The smallest absolute Gasteiger partial charge is 0.161 e. The zero-order chi connectivity index (χ0) is 14.3. The molecule has 0 heterocycles. The Morgan fingerprint density at radius 2 is 1.79 bits per heavy atom. The van der Waals surface area contributed by atoms with Crippen LogP contribution < -0.4 is 9.47 Å². The largest absolute Gasteiger partial charge is 0.490 e. The van der Waals surface area contributed by atoms with E-state index in [9.17, 15) is 10.4 Å². The van der Waals surface area contributed by atoms with Crippen molar-refractivity contribution in [2.75, 3.05) is 13.2 Å². The van der Waals surface area contributed by atoms with E-state index >= 15 is 0 Å². The summed E-state index contributed by atoms with van der Waals surface area (Å²) in [6, 6.07) is 7.52. The zero-order valence-electron chi connectivity index (χ0n) is 11.7. The van der Waals surface area contributed by atoms with Gasteiger partial charge in [-0.3, -0.25) is 0 Å². The van der Waals surface area contributed by atoms with E-state index in [1.54, 1.807) is 18.2 Å². The van der Waals surface area contributed by atoms with E-state index in [0.717, 1.165) is 5.56 Å². The molecule has 2 unspecified atom stereocenters. The van der Waals surface area contributed by atoms with Crippen molar-refractivity contribution in [3.05, 3.63) is 23.8 Å². The molecule has 0 aliphatic heterocycles. The Labute approximate surface area is 114 Å². The lowest BCUT2D eigenvalue weighted by molar-refractivity contribution is 0.157. The molecule has 4 nitrogen and oxygen atoms in total. The predicted molar refractivity (Wildman–Crippen MR) is 73.4 cm³/mol. The third kappa shape index (κ3) is 3.87. The lowest BCUT2D eigenvalue weighted by Crippen LogP contribution is -2.16. The Kier molecular flexibility index (Phi) is 6.17. The molecule has 1 aromatic rings. The van der Waals surface area contributed by atoms with E-state index in [4.69, 9.17) is 9.47 Å². The highest BCUT2D eigenvalue weighted by molar-refractivity contribution is 5.45. The van der Waals surface area contributed by atoms with Crippen LogP contribution in [0.3, 0.4) is 0 Å². The minimum absolute atomic E-state index is 0.525. The SMILES string of the molecule is CCOc1ccc(C(C#N)C(O)CC)cc1OCC. The van der Waals surface area contributed by atoms with Crippen LogP contribution in [-0.2, 0) is 0 Å². The summed E-state index contributed by atoms with van der Waals surface area (Å²) in [5.74, 6) is 0.737. The van der Waals surface area contributed by atoms with E-state index in [-0.39, 0.29) is 0 Å². The summed E-state index contributed by atoms with van der Waals surface area (Å²) in [6.07, 6.45) is -0.132. The maximum Gasteiger partial charge on any atom is 0.161 e. The Hall–Kier alpha value is -1.73. The van der Waals surface area contributed by atoms with Crippen molar-refractivity contribution in [3.63, 3.8) is 0 Å². The van der Waals surface area contributed by atoms with E-state index < -0.39 is 12.0 Å². The molecule has 1 aromatic carbocycles. The second kappa shape index (κ2) is 7.65. The van der Waals surface area contributed by atoms with Gasteiger partial charge in [-0.2, -0.15) is 5.26 Å². The fourth-order valence-corrected chi connectivity index (χ4v) is 1.88. The molecular weight excluding hydrogens is 242 g/mol. The molecule has 0 aliphatic carbocycles. The number of nitriles is 1. The van der Waals surface area contributed by atoms with Gasteiger partial charge in [0.05, 0.1) is 31.3 Å². The Morgan fingerprint density at radius 1 is 1.16 bits per heavy atom. The molecule has 0 aromatic heterocycles. The summed E-state index contributed by atoms with van der Waals surface area (Å²) in [4.78, 5) is 0. The van der Waals surface area contributed by atoms with Crippen LogP contribution in [0.2, 0.25) is 0 Å². The quantitative estimate of drug-likeness (QED) is 0.821. The van der Waals surface area contributed by atoms with E-state index in [1.807, 2.05) is 20.8 Å². The van der Waals surface area contributed by atoms with Crippen molar-refractivity contribution in [1.29, 1.82) is 5.26 Å². The van der Waals surface area contributed by atoms with Gasteiger partial charge in [0.2, 0.25) is 0 Å². The molecule has 0 aliphatic rings. The highest BCUT2D eigenvalue weighted by Crippen LogP contribution is 2.32. The predicted octanol–water partition coefficient (Wildman–Crippen LogP) is 2.86. The lowest BCUT2D eigenvalue weighted by atomic mass is 9.93. The van der Waals surface area contributed by atoms with Crippen molar-refractivity contribution >= 4 is 0 Å². The normalized spacial score (nSPS) is 13.4. The summed E-state index contributed by atoms with van der Waals surface area (Å²) < 4.78 is 11.0. The molecular formula is C15H21NO3. The Balaban J connectivity index is 3.09. The summed E-state index contributed by atoms with van der Waals surface area (Å²) in [5.41, 5.74) is 0.753. The van der Waals surface area contributed by atoms with Gasteiger partial charge in [0.25, 0.3) is 0 Å². The number of hydrogen-bond acceptors (Lipinski definition) is 4. The molecule has 1 rings (SSSR count). The van der Waals surface area contributed by atoms with Gasteiger partial charge in [-0.05, 0) is 38.0 Å². The molecule has 0 spiro atoms. The van der Waals surface area contributed by atoms with Crippen LogP contribution in [0.4, 0.5) is 0 Å². The van der Waals surface area contributed by atoms with Crippen molar-refractivity contribution in [2.45, 2.75) is 39.2 Å². The molecule has 0 fully saturated rings. The standard InChI is InChI=1S/C15H21NO3/c1-4-13(17)12(10-16)11-7-8-14(18-5-2)15(9-11)19-6-3/h7-9,12-13,17H,4-6H2,1-3H3. The molecule has 2 atom stereocenters. The number of benzene rings is 1. The fraction of sp³-hybridized carbons (Fsp3) is 0.533. The average molecular weight is 263 g/mol. The Morgan fingerprint density at radius 3 is 2.32 bits per heavy atom. The monoisotopic (exact) mass is 263 g/mol. The summed E-state index contributed by atoms with van der Waals surface area (Å²) in [5, 5.41) is 19.1. The second-order valence-corrected chi connectivity index (χ2v) is 4.15. The topological polar surface area (TPSA) is 62.5 Å². The van der Waals surface area contributed by atoms with Gasteiger partial charge >= 0.3 is 0 Å². The first kappa shape index (κ1) is 15.3. The van der Waals surface area contributed by atoms with E-state index in [2.05, 4.69) is 6.07 Å². The van der Waals surface area contributed by atoms with Crippen molar-refractivity contribution in [2.24, 2.45) is 0 Å². The Bertz CT molecular complexity index is 440.